The molecule has 0 radical (unpaired) electrons. The number of hydrogen-bond donors (Lipinski definition) is 1. The topological polar surface area (TPSA) is 20.2 Å². The third kappa shape index (κ3) is 3.95. The van der Waals surface area contributed by atoms with E-state index in [0.29, 0.717) is 11.1 Å². The zero-order chi connectivity index (χ0) is 15.6. The van der Waals surface area contributed by atoms with Crippen LogP contribution in [0.15, 0.2) is 42.5 Å². The zero-order valence-electron chi connectivity index (χ0n) is 10.7. The van der Waals surface area contributed by atoms with Gasteiger partial charge in [0.25, 0.3) is 0 Å². The molecule has 1 atom stereocenters. The first kappa shape index (κ1) is 15.8. The van der Waals surface area contributed by atoms with Crippen LogP contribution in [0, 0.1) is 5.82 Å². The molecule has 112 valence electrons. The Labute approximate surface area is 123 Å². The summed E-state index contributed by atoms with van der Waals surface area (Å²) >= 11 is 5.63. The molecular weight excluding hydrogens is 308 g/mol. The lowest BCUT2D eigenvalue weighted by Crippen LogP contribution is -2.06. The lowest BCUT2D eigenvalue weighted by molar-refractivity contribution is -0.137. The van der Waals surface area contributed by atoms with Gasteiger partial charge in [-0.05, 0) is 35.4 Å². The maximum Gasteiger partial charge on any atom is 0.416 e. The standard InChI is InChI=1S/C15H11ClF4O/c16-12-7-9(1-6-13(12)17)8-14(21)10-2-4-11(5-3-10)15(18,19)20/h1-7,14,21H,8H2. The quantitative estimate of drug-likeness (QED) is 0.808. The maximum absolute atomic E-state index is 13.0. The first-order valence-corrected chi connectivity index (χ1v) is 6.44. The molecule has 2 aromatic rings. The minimum absolute atomic E-state index is 0.0629. The molecule has 0 aliphatic carbocycles. The zero-order valence-corrected chi connectivity index (χ0v) is 11.4. The van der Waals surface area contributed by atoms with Gasteiger partial charge < -0.3 is 5.11 Å². The second-order valence-corrected chi connectivity index (χ2v) is 5.00. The van der Waals surface area contributed by atoms with E-state index in [0.717, 1.165) is 12.1 Å². The van der Waals surface area contributed by atoms with Gasteiger partial charge in [0.2, 0.25) is 0 Å². The molecule has 6 heteroatoms. The third-order valence-corrected chi connectivity index (χ3v) is 3.33. The molecule has 0 heterocycles. The molecular formula is C15H11ClF4O. The summed E-state index contributed by atoms with van der Waals surface area (Å²) in [5.74, 6) is -0.565. The van der Waals surface area contributed by atoms with Crippen LogP contribution in [0.1, 0.15) is 22.8 Å². The van der Waals surface area contributed by atoms with Crippen LogP contribution < -0.4 is 0 Å². The van der Waals surface area contributed by atoms with Crippen molar-refractivity contribution in [3.63, 3.8) is 0 Å². The van der Waals surface area contributed by atoms with E-state index >= 15 is 0 Å². The SMILES string of the molecule is OC(Cc1ccc(F)c(Cl)c1)c1ccc(C(F)(F)F)cc1. The highest BCUT2D eigenvalue weighted by Crippen LogP contribution is 2.30. The molecule has 0 aliphatic rings. The molecule has 0 amide bonds. The van der Waals surface area contributed by atoms with E-state index < -0.39 is 23.7 Å². The number of aliphatic hydroxyl groups is 1. The second-order valence-electron chi connectivity index (χ2n) is 4.59. The summed E-state index contributed by atoms with van der Waals surface area (Å²) in [5, 5.41) is 9.95. The van der Waals surface area contributed by atoms with Crippen molar-refractivity contribution in [2.24, 2.45) is 0 Å². The van der Waals surface area contributed by atoms with Crippen LogP contribution in [-0.2, 0) is 12.6 Å². The highest BCUT2D eigenvalue weighted by atomic mass is 35.5. The first-order valence-electron chi connectivity index (χ1n) is 6.06. The number of aliphatic hydroxyl groups excluding tert-OH is 1. The fourth-order valence-corrected chi connectivity index (χ4v) is 2.11. The molecule has 1 nitrogen and oxygen atoms in total. The average molecular weight is 319 g/mol. The van der Waals surface area contributed by atoms with Crippen molar-refractivity contribution in [1.29, 1.82) is 0 Å². The molecule has 0 saturated carbocycles. The molecule has 0 bridgehead atoms. The van der Waals surface area contributed by atoms with Gasteiger partial charge in [0.15, 0.2) is 0 Å². The summed E-state index contributed by atoms with van der Waals surface area (Å²) in [6.07, 6.45) is -5.27. The van der Waals surface area contributed by atoms with Crippen LogP contribution in [0.3, 0.4) is 0 Å². The molecule has 21 heavy (non-hydrogen) atoms. The third-order valence-electron chi connectivity index (χ3n) is 3.04. The minimum atomic E-state index is -4.41. The van der Waals surface area contributed by atoms with E-state index in [1.807, 2.05) is 0 Å². The van der Waals surface area contributed by atoms with Gasteiger partial charge in [0.1, 0.15) is 5.82 Å². The summed E-state index contributed by atoms with van der Waals surface area (Å²) < 4.78 is 50.3. The Morgan fingerprint density at radius 2 is 1.67 bits per heavy atom. The highest BCUT2D eigenvalue weighted by Gasteiger charge is 2.30. The fraction of sp³-hybridized carbons (Fsp3) is 0.200. The predicted molar refractivity (Wildman–Crippen MR) is 71.5 cm³/mol. The van der Waals surface area contributed by atoms with Gasteiger partial charge in [0.05, 0.1) is 16.7 Å². The molecule has 0 aromatic heterocycles. The molecule has 1 N–H and O–H groups in total. The Bertz CT molecular complexity index is 623. The van der Waals surface area contributed by atoms with Crippen molar-refractivity contribution in [3.05, 3.63) is 70.0 Å². The summed E-state index contributed by atoms with van der Waals surface area (Å²) in [4.78, 5) is 0. The van der Waals surface area contributed by atoms with Crippen molar-refractivity contribution in [2.45, 2.75) is 18.7 Å². The number of benzene rings is 2. The van der Waals surface area contributed by atoms with Crippen molar-refractivity contribution in [1.82, 2.24) is 0 Å². The maximum atomic E-state index is 13.0. The Morgan fingerprint density at radius 1 is 1.05 bits per heavy atom. The van der Waals surface area contributed by atoms with Crippen molar-refractivity contribution in [2.75, 3.05) is 0 Å². The summed E-state index contributed by atoms with van der Waals surface area (Å²) in [7, 11) is 0. The Hall–Kier alpha value is -1.59. The smallest absolute Gasteiger partial charge is 0.388 e. The van der Waals surface area contributed by atoms with E-state index in [1.54, 1.807) is 0 Å². The normalized spacial score (nSPS) is 13.2. The number of halogens is 5. The van der Waals surface area contributed by atoms with Crippen LogP contribution >= 0.6 is 11.6 Å². The van der Waals surface area contributed by atoms with Crippen LogP contribution in [0.2, 0.25) is 5.02 Å². The van der Waals surface area contributed by atoms with E-state index in [2.05, 4.69) is 0 Å². The van der Waals surface area contributed by atoms with E-state index in [-0.39, 0.29) is 11.4 Å². The summed E-state index contributed by atoms with van der Waals surface area (Å²) in [6.45, 7) is 0. The molecule has 0 fully saturated rings. The number of rotatable bonds is 3. The van der Waals surface area contributed by atoms with Crippen LogP contribution in [0.4, 0.5) is 17.6 Å². The second kappa shape index (κ2) is 6.03. The van der Waals surface area contributed by atoms with Gasteiger partial charge in [-0.1, -0.05) is 29.8 Å². The van der Waals surface area contributed by atoms with Gasteiger partial charge in [-0.3, -0.25) is 0 Å². The number of alkyl halides is 3. The van der Waals surface area contributed by atoms with Gasteiger partial charge in [-0.2, -0.15) is 13.2 Å². The Morgan fingerprint density at radius 3 is 2.19 bits per heavy atom. The molecule has 2 rings (SSSR count). The van der Waals surface area contributed by atoms with Gasteiger partial charge in [-0.15, -0.1) is 0 Å². The van der Waals surface area contributed by atoms with Crippen LogP contribution in [-0.4, -0.2) is 5.11 Å². The van der Waals surface area contributed by atoms with Gasteiger partial charge >= 0.3 is 6.18 Å². The van der Waals surface area contributed by atoms with Crippen molar-refractivity contribution < 1.29 is 22.7 Å². The van der Waals surface area contributed by atoms with E-state index in [9.17, 15) is 22.7 Å². The fourth-order valence-electron chi connectivity index (χ4n) is 1.90. The minimum Gasteiger partial charge on any atom is -0.388 e. The molecule has 0 aliphatic heterocycles. The van der Waals surface area contributed by atoms with Gasteiger partial charge in [0, 0.05) is 6.42 Å². The molecule has 0 saturated heterocycles. The summed E-state index contributed by atoms with van der Waals surface area (Å²) in [5.41, 5.74) is 0.167. The largest absolute Gasteiger partial charge is 0.416 e. The average Bonchev–Trinajstić information content (AvgIpc) is 2.42. The van der Waals surface area contributed by atoms with E-state index in [1.165, 1.54) is 30.3 Å². The highest BCUT2D eigenvalue weighted by molar-refractivity contribution is 6.30. The van der Waals surface area contributed by atoms with Crippen LogP contribution in [0.25, 0.3) is 0 Å². The lowest BCUT2D eigenvalue weighted by atomic mass is 10.0. The lowest BCUT2D eigenvalue weighted by Gasteiger charge is -2.13. The molecule has 0 spiro atoms. The summed E-state index contributed by atoms with van der Waals surface area (Å²) in [6, 6.07) is 8.29. The van der Waals surface area contributed by atoms with Crippen molar-refractivity contribution in [3.8, 4) is 0 Å². The Kier molecular flexibility index (Phi) is 4.54. The van der Waals surface area contributed by atoms with Gasteiger partial charge in [-0.25, -0.2) is 4.39 Å². The predicted octanol–water partition coefficient (Wildman–Crippen LogP) is 4.77. The number of hydrogen-bond acceptors (Lipinski definition) is 1. The monoisotopic (exact) mass is 318 g/mol. The first-order chi connectivity index (χ1) is 9.77. The van der Waals surface area contributed by atoms with E-state index in [4.69, 9.17) is 11.6 Å². The molecule has 1 unspecified atom stereocenters. The molecule has 2 aromatic carbocycles. The van der Waals surface area contributed by atoms with Crippen LogP contribution in [0.5, 0.6) is 0 Å². The Balaban J connectivity index is 2.13. The van der Waals surface area contributed by atoms with Crippen molar-refractivity contribution >= 4 is 11.6 Å².